The van der Waals surface area contributed by atoms with E-state index in [9.17, 15) is 9.59 Å². The maximum Gasteiger partial charge on any atom is 0.255 e. The Morgan fingerprint density at radius 3 is 2.79 bits per heavy atom. The molecule has 1 fully saturated rings. The van der Waals surface area contributed by atoms with Crippen LogP contribution in [0.25, 0.3) is 10.9 Å². The average molecular weight is 373 g/mol. The first kappa shape index (κ1) is 17.0. The van der Waals surface area contributed by atoms with Crippen LogP contribution in [0.3, 0.4) is 0 Å². The standard InChI is InChI=1S/C23H23N3O2/c1-23(2)17-10-9-15(11-20(17)26(22(23)28)13-14-7-8-14)21(27)25-19-12-24-18-6-4-3-5-16(18)19/h3-6,9-12,14,24H,7-8,13H2,1-2H3,(H,25,27). The first-order valence-corrected chi connectivity index (χ1v) is 9.79. The monoisotopic (exact) mass is 373 g/mol. The van der Waals surface area contributed by atoms with Crippen molar-refractivity contribution in [2.24, 2.45) is 5.92 Å². The maximum atomic E-state index is 13.0. The van der Waals surface area contributed by atoms with Crippen LogP contribution >= 0.6 is 0 Å². The number of anilines is 2. The number of hydrogen-bond acceptors (Lipinski definition) is 2. The molecule has 2 aliphatic rings. The van der Waals surface area contributed by atoms with Gasteiger partial charge in [-0.2, -0.15) is 0 Å². The molecule has 3 aromatic rings. The Morgan fingerprint density at radius 1 is 1.21 bits per heavy atom. The molecule has 2 amide bonds. The molecule has 142 valence electrons. The van der Waals surface area contributed by atoms with Crippen molar-refractivity contribution in [3.63, 3.8) is 0 Å². The van der Waals surface area contributed by atoms with E-state index in [1.165, 1.54) is 12.8 Å². The molecule has 1 aliphatic carbocycles. The zero-order chi connectivity index (χ0) is 19.5. The third-order valence-corrected chi connectivity index (χ3v) is 5.98. The van der Waals surface area contributed by atoms with Crippen LogP contribution in [0.2, 0.25) is 0 Å². The highest BCUT2D eigenvalue weighted by Crippen LogP contribution is 2.44. The smallest absolute Gasteiger partial charge is 0.255 e. The number of fused-ring (bicyclic) bond motifs is 2. The molecule has 2 aromatic carbocycles. The summed E-state index contributed by atoms with van der Waals surface area (Å²) in [5, 5.41) is 3.97. The number of benzene rings is 2. The largest absolute Gasteiger partial charge is 0.359 e. The van der Waals surface area contributed by atoms with Gasteiger partial charge in [0.05, 0.1) is 11.1 Å². The van der Waals surface area contributed by atoms with Crippen molar-refractivity contribution in [2.45, 2.75) is 32.1 Å². The first-order chi connectivity index (χ1) is 13.4. The van der Waals surface area contributed by atoms with Crippen LogP contribution < -0.4 is 10.2 Å². The van der Waals surface area contributed by atoms with Crippen LogP contribution in [0.4, 0.5) is 11.4 Å². The molecule has 1 aromatic heterocycles. The van der Waals surface area contributed by atoms with E-state index in [0.29, 0.717) is 11.5 Å². The van der Waals surface area contributed by atoms with Gasteiger partial charge in [0, 0.05) is 34.9 Å². The molecule has 1 aliphatic heterocycles. The zero-order valence-electron chi connectivity index (χ0n) is 16.1. The molecule has 5 nitrogen and oxygen atoms in total. The molecular weight excluding hydrogens is 350 g/mol. The summed E-state index contributed by atoms with van der Waals surface area (Å²) in [7, 11) is 0. The molecule has 0 radical (unpaired) electrons. The highest BCUT2D eigenvalue weighted by Gasteiger charge is 2.45. The minimum atomic E-state index is -0.546. The van der Waals surface area contributed by atoms with Gasteiger partial charge < -0.3 is 15.2 Å². The highest BCUT2D eigenvalue weighted by atomic mass is 16.2. The number of carbonyl (C=O) groups excluding carboxylic acids is 2. The lowest BCUT2D eigenvalue weighted by atomic mass is 9.86. The molecule has 1 saturated carbocycles. The fraction of sp³-hybridized carbons (Fsp3) is 0.304. The van der Waals surface area contributed by atoms with Crippen molar-refractivity contribution in [3.05, 3.63) is 59.8 Å². The zero-order valence-corrected chi connectivity index (χ0v) is 16.1. The van der Waals surface area contributed by atoms with Gasteiger partial charge in [0.25, 0.3) is 5.91 Å². The molecule has 0 unspecified atom stereocenters. The van der Waals surface area contributed by atoms with E-state index < -0.39 is 5.41 Å². The number of aromatic nitrogens is 1. The van der Waals surface area contributed by atoms with Crippen molar-refractivity contribution in [1.82, 2.24) is 4.98 Å². The van der Waals surface area contributed by atoms with Crippen molar-refractivity contribution in [3.8, 4) is 0 Å². The normalized spacial score (nSPS) is 17.8. The lowest BCUT2D eigenvalue weighted by Crippen LogP contribution is -2.37. The Hall–Kier alpha value is -3.08. The summed E-state index contributed by atoms with van der Waals surface area (Å²) in [5.41, 5.74) is 3.64. The van der Waals surface area contributed by atoms with Gasteiger partial charge in [-0.05, 0) is 56.4 Å². The molecule has 2 heterocycles. The van der Waals surface area contributed by atoms with Gasteiger partial charge in [-0.3, -0.25) is 9.59 Å². The van der Waals surface area contributed by atoms with E-state index in [0.717, 1.165) is 34.4 Å². The summed E-state index contributed by atoms with van der Waals surface area (Å²) >= 11 is 0. The van der Waals surface area contributed by atoms with Crippen molar-refractivity contribution < 1.29 is 9.59 Å². The number of nitrogens with zero attached hydrogens (tertiary/aromatic N) is 1. The summed E-state index contributed by atoms with van der Waals surface area (Å²) in [6.07, 6.45) is 4.17. The van der Waals surface area contributed by atoms with E-state index in [4.69, 9.17) is 0 Å². The van der Waals surface area contributed by atoms with Crippen molar-refractivity contribution >= 4 is 34.1 Å². The van der Waals surface area contributed by atoms with Gasteiger partial charge in [-0.25, -0.2) is 0 Å². The number of nitrogens with one attached hydrogen (secondary N) is 2. The van der Waals surface area contributed by atoms with Gasteiger partial charge in [0.2, 0.25) is 5.91 Å². The Balaban J connectivity index is 1.47. The van der Waals surface area contributed by atoms with E-state index >= 15 is 0 Å². The first-order valence-electron chi connectivity index (χ1n) is 9.79. The average Bonchev–Trinajstić information content (AvgIpc) is 3.40. The van der Waals surface area contributed by atoms with Gasteiger partial charge in [-0.15, -0.1) is 0 Å². The second-order valence-electron chi connectivity index (χ2n) is 8.42. The summed E-state index contributed by atoms with van der Waals surface area (Å²) in [4.78, 5) is 30.9. The summed E-state index contributed by atoms with van der Waals surface area (Å²) in [6, 6.07) is 13.5. The van der Waals surface area contributed by atoms with Crippen LogP contribution in [0.5, 0.6) is 0 Å². The van der Waals surface area contributed by atoms with Crippen molar-refractivity contribution in [1.29, 1.82) is 0 Å². The van der Waals surface area contributed by atoms with Crippen LogP contribution in [-0.2, 0) is 10.2 Å². The summed E-state index contributed by atoms with van der Waals surface area (Å²) < 4.78 is 0. The molecule has 0 saturated heterocycles. The highest BCUT2D eigenvalue weighted by molar-refractivity contribution is 6.12. The summed E-state index contributed by atoms with van der Waals surface area (Å²) in [6.45, 7) is 4.68. The number of amides is 2. The minimum absolute atomic E-state index is 0.128. The number of hydrogen-bond donors (Lipinski definition) is 2. The van der Waals surface area contributed by atoms with E-state index in [1.807, 2.05) is 67.4 Å². The number of rotatable bonds is 4. The fourth-order valence-electron chi connectivity index (χ4n) is 4.10. The predicted molar refractivity (Wildman–Crippen MR) is 111 cm³/mol. The topological polar surface area (TPSA) is 65.2 Å². The number of aromatic amines is 1. The van der Waals surface area contributed by atoms with Gasteiger partial charge >= 0.3 is 0 Å². The van der Waals surface area contributed by atoms with E-state index in [2.05, 4.69) is 10.3 Å². The Bertz CT molecular complexity index is 1110. The Kier molecular flexibility index (Phi) is 3.63. The number of carbonyl (C=O) groups is 2. The van der Waals surface area contributed by atoms with Crippen molar-refractivity contribution in [2.75, 3.05) is 16.8 Å². The Labute approximate surface area is 163 Å². The van der Waals surface area contributed by atoms with Gasteiger partial charge in [0.15, 0.2) is 0 Å². The van der Waals surface area contributed by atoms with E-state index in [1.54, 1.807) is 0 Å². The second-order valence-corrected chi connectivity index (χ2v) is 8.42. The van der Waals surface area contributed by atoms with Crippen LogP contribution in [0.1, 0.15) is 42.6 Å². The molecule has 28 heavy (non-hydrogen) atoms. The molecule has 5 rings (SSSR count). The molecular formula is C23H23N3O2. The predicted octanol–water partition coefficient (Wildman–Crippen LogP) is 4.45. The lowest BCUT2D eigenvalue weighted by molar-refractivity contribution is -0.122. The summed E-state index contributed by atoms with van der Waals surface area (Å²) in [5.74, 6) is 0.550. The number of H-pyrrole nitrogens is 1. The molecule has 5 heteroatoms. The third kappa shape index (κ3) is 2.61. The quantitative estimate of drug-likeness (QED) is 0.709. The van der Waals surface area contributed by atoms with Crippen LogP contribution in [0, 0.1) is 5.92 Å². The number of para-hydroxylation sites is 1. The van der Waals surface area contributed by atoms with Crippen LogP contribution in [0.15, 0.2) is 48.7 Å². The Morgan fingerprint density at radius 2 is 2.00 bits per heavy atom. The third-order valence-electron chi connectivity index (χ3n) is 5.98. The minimum Gasteiger partial charge on any atom is -0.359 e. The molecule has 0 bridgehead atoms. The molecule has 0 atom stereocenters. The van der Waals surface area contributed by atoms with Gasteiger partial charge in [0.1, 0.15) is 0 Å². The fourth-order valence-corrected chi connectivity index (χ4v) is 4.10. The van der Waals surface area contributed by atoms with Gasteiger partial charge in [-0.1, -0.05) is 24.3 Å². The van der Waals surface area contributed by atoms with E-state index in [-0.39, 0.29) is 11.8 Å². The maximum absolute atomic E-state index is 13.0. The lowest BCUT2D eigenvalue weighted by Gasteiger charge is -2.20. The molecule has 0 spiro atoms. The van der Waals surface area contributed by atoms with Crippen LogP contribution in [-0.4, -0.2) is 23.3 Å². The molecule has 2 N–H and O–H groups in total. The second kappa shape index (κ2) is 5.96. The SMILES string of the molecule is CC1(C)C(=O)N(CC2CC2)c2cc(C(=O)Nc3c[nH]c4ccccc34)ccc21.